The van der Waals surface area contributed by atoms with Gasteiger partial charge in [-0.3, -0.25) is 4.79 Å². The minimum absolute atomic E-state index is 0.202. The number of nitrogens with zero attached hydrogens (tertiary/aromatic N) is 1. The van der Waals surface area contributed by atoms with Crippen LogP contribution >= 0.6 is 0 Å². The van der Waals surface area contributed by atoms with Crippen LogP contribution in [0.1, 0.15) is 57.9 Å². The highest BCUT2D eigenvalue weighted by Gasteiger charge is 2.30. The number of rotatable bonds is 5. The van der Waals surface area contributed by atoms with E-state index in [4.69, 9.17) is 4.74 Å². The smallest absolute Gasteiger partial charge is 0.340 e. The predicted molar refractivity (Wildman–Crippen MR) is 99.7 cm³/mol. The van der Waals surface area contributed by atoms with Gasteiger partial charge in [0.05, 0.1) is 5.56 Å². The topological polar surface area (TPSA) is 64.1 Å². The average Bonchev–Trinajstić information content (AvgIpc) is 3.28. The number of hydrogen-bond acceptors (Lipinski definition) is 3. The van der Waals surface area contributed by atoms with Gasteiger partial charge in [-0.05, 0) is 45.7 Å². The monoisotopic (exact) mass is 350 g/mol. The maximum Gasteiger partial charge on any atom is 0.340 e. The third-order valence-electron chi connectivity index (χ3n) is 5.12. The summed E-state index contributed by atoms with van der Waals surface area (Å²) in [5.74, 6) is -0.641. The number of carbonyl (C=O) groups is 2. The van der Waals surface area contributed by atoms with E-state index in [0.717, 1.165) is 35.1 Å². The highest BCUT2D eigenvalue weighted by atomic mass is 16.5. The minimum atomic E-state index is -0.842. The van der Waals surface area contributed by atoms with Gasteiger partial charge in [0.15, 0.2) is 6.10 Å². The summed E-state index contributed by atoms with van der Waals surface area (Å²) in [5, 5.41) is 0.840. The summed E-state index contributed by atoms with van der Waals surface area (Å²) >= 11 is 0. The first-order valence-electron chi connectivity index (χ1n) is 8.97. The highest BCUT2D eigenvalue weighted by Crippen LogP contribution is 2.38. The van der Waals surface area contributed by atoms with Crippen molar-refractivity contribution in [2.24, 2.45) is 0 Å². The van der Waals surface area contributed by atoms with Crippen molar-refractivity contribution in [3.05, 3.63) is 59.0 Å². The molecule has 2 aromatic heterocycles. The molecular formula is C21H22N2O3. The summed E-state index contributed by atoms with van der Waals surface area (Å²) in [6.07, 6.45) is 3.14. The highest BCUT2D eigenvalue weighted by molar-refractivity contribution is 6.10. The van der Waals surface area contributed by atoms with Gasteiger partial charge in [0, 0.05) is 40.1 Å². The predicted octanol–water partition coefficient (Wildman–Crippen LogP) is 4.35. The first-order chi connectivity index (χ1) is 12.5. The molecule has 1 fully saturated rings. The van der Waals surface area contributed by atoms with E-state index in [1.54, 1.807) is 13.1 Å². The number of esters is 1. The lowest BCUT2D eigenvalue weighted by atomic mass is 10.1. The van der Waals surface area contributed by atoms with Gasteiger partial charge in [0.25, 0.3) is 0 Å². The minimum Gasteiger partial charge on any atom is -0.451 e. The Kier molecular flexibility index (Phi) is 3.94. The normalized spacial score (nSPS) is 15.2. The SMILES string of the molecule is Cc1cc(C(=O)O[C@@H](C)C(=O)c2c[nH]c3ccccc23)c(C)n1C1CC1. The summed E-state index contributed by atoms with van der Waals surface area (Å²) < 4.78 is 7.70. The number of nitrogens with one attached hydrogen (secondary N) is 1. The molecular weight excluding hydrogens is 328 g/mol. The van der Waals surface area contributed by atoms with Gasteiger partial charge in [-0.2, -0.15) is 0 Å². The number of fused-ring (bicyclic) bond motifs is 1. The van der Waals surface area contributed by atoms with Crippen molar-refractivity contribution >= 4 is 22.7 Å². The zero-order chi connectivity index (χ0) is 18.4. The van der Waals surface area contributed by atoms with Crippen LogP contribution in [-0.4, -0.2) is 27.4 Å². The number of aryl methyl sites for hydroxylation is 1. The van der Waals surface area contributed by atoms with Crippen LogP contribution in [0.5, 0.6) is 0 Å². The quantitative estimate of drug-likeness (QED) is 0.549. The Morgan fingerprint density at radius 1 is 1.19 bits per heavy atom. The molecule has 1 aliphatic rings. The van der Waals surface area contributed by atoms with Crippen LogP contribution in [0, 0.1) is 13.8 Å². The van der Waals surface area contributed by atoms with Gasteiger partial charge in [-0.1, -0.05) is 18.2 Å². The van der Waals surface area contributed by atoms with Crippen LogP contribution in [0.3, 0.4) is 0 Å². The van der Waals surface area contributed by atoms with Gasteiger partial charge in [0.2, 0.25) is 5.78 Å². The molecule has 4 rings (SSSR count). The molecule has 1 saturated carbocycles. The summed E-state index contributed by atoms with van der Waals surface area (Å²) in [6, 6.07) is 9.95. The van der Waals surface area contributed by atoms with Crippen molar-refractivity contribution in [1.29, 1.82) is 0 Å². The lowest BCUT2D eigenvalue weighted by Gasteiger charge is -2.12. The fraction of sp³-hybridized carbons (Fsp3) is 0.333. The second-order valence-corrected chi connectivity index (χ2v) is 7.05. The van der Waals surface area contributed by atoms with Crippen LogP contribution in [0.4, 0.5) is 0 Å². The second kappa shape index (κ2) is 6.16. The third-order valence-corrected chi connectivity index (χ3v) is 5.12. The molecule has 0 aliphatic heterocycles. The summed E-state index contributed by atoms with van der Waals surface area (Å²) in [7, 11) is 0. The zero-order valence-electron chi connectivity index (χ0n) is 15.2. The van der Waals surface area contributed by atoms with Crippen LogP contribution in [0.15, 0.2) is 36.5 Å². The number of aromatic amines is 1. The van der Waals surface area contributed by atoms with Gasteiger partial charge in [-0.25, -0.2) is 4.79 Å². The molecule has 3 aromatic rings. The Hall–Kier alpha value is -2.82. The number of hydrogen-bond donors (Lipinski definition) is 1. The Labute approximate surface area is 152 Å². The first-order valence-corrected chi connectivity index (χ1v) is 8.97. The molecule has 134 valence electrons. The Morgan fingerprint density at radius 2 is 1.92 bits per heavy atom. The summed E-state index contributed by atoms with van der Waals surface area (Å²) in [6.45, 7) is 5.57. The molecule has 1 aromatic carbocycles. The number of aromatic nitrogens is 2. The van der Waals surface area contributed by atoms with Gasteiger partial charge < -0.3 is 14.3 Å². The molecule has 0 amide bonds. The number of H-pyrrole nitrogens is 1. The fourth-order valence-corrected chi connectivity index (χ4v) is 3.65. The summed E-state index contributed by atoms with van der Waals surface area (Å²) in [5.41, 5.74) is 3.97. The largest absolute Gasteiger partial charge is 0.451 e. The molecule has 1 N–H and O–H groups in total. The van der Waals surface area contributed by atoms with Crippen LogP contribution in [0.2, 0.25) is 0 Å². The molecule has 1 aliphatic carbocycles. The maximum atomic E-state index is 12.8. The zero-order valence-corrected chi connectivity index (χ0v) is 15.2. The van der Waals surface area contributed by atoms with Crippen molar-refractivity contribution < 1.29 is 14.3 Å². The Balaban J connectivity index is 1.54. The number of benzene rings is 1. The molecule has 26 heavy (non-hydrogen) atoms. The molecule has 5 nitrogen and oxygen atoms in total. The number of para-hydroxylation sites is 1. The number of ketones is 1. The fourth-order valence-electron chi connectivity index (χ4n) is 3.65. The molecule has 2 heterocycles. The number of Topliss-reactive ketones (excluding diaryl/α,β-unsaturated/α-hetero) is 1. The molecule has 0 radical (unpaired) electrons. The molecule has 5 heteroatoms. The lowest BCUT2D eigenvalue weighted by Crippen LogP contribution is -2.24. The first kappa shape index (κ1) is 16.6. The van der Waals surface area contributed by atoms with E-state index in [1.807, 2.05) is 44.2 Å². The van der Waals surface area contributed by atoms with E-state index in [9.17, 15) is 9.59 Å². The Morgan fingerprint density at radius 3 is 2.65 bits per heavy atom. The maximum absolute atomic E-state index is 12.8. The van der Waals surface area contributed by atoms with Crippen molar-refractivity contribution in [2.45, 2.75) is 45.8 Å². The molecule has 0 bridgehead atoms. The lowest BCUT2D eigenvalue weighted by molar-refractivity contribution is 0.0318. The van der Waals surface area contributed by atoms with Crippen molar-refractivity contribution in [1.82, 2.24) is 9.55 Å². The van der Waals surface area contributed by atoms with Crippen molar-refractivity contribution in [3.63, 3.8) is 0 Å². The third kappa shape index (κ3) is 2.73. The van der Waals surface area contributed by atoms with Crippen LogP contribution in [-0.2, 0) is 4.74 Å². The van der Waals surface area contributed by atoms with Crippen molar-refractivity contribution in [2.75, 3.05) is 0 Å². The van der Waals surface area contributed by atoms with Crippen LogP contribution in [0.25, 0.3) is 10.9 Å². The average molecular weight is 350 g/mol. The van der Waals surface area contributed by atoms with E-state index in [-0.39, 0.29) is 5.78 Å². The van der Waals surface area contributed by atoms with E-state index < -0.39 is 12.1 Å². The van der Waals surface area contributed by atoms with E-state index in [0.29, 0.717) is 17.2 Å². The van der Waals surface area contributed by atoms with Gasteiger partial charge >= 0.3 is 5.97 Å². The molecule has 0 spiro atoms. The molecule has 1 atom stereocenters. The van der Waals surface area contributed by atoms with Crippen LogP contribution < -0.4 is 0 Å². The van der Waals surface area contributed by atoms with E-state index in [1.165, 1.54) is 0 Å². The molecule has 0 unspecified atom stereocenters. The second-order valence-electron chi connectivity index (χ2n) is 7.05. The number of carbonyl (C=O) groups excluding carboxylic acids is 2. The van der Waals surface area contributed by atoms with E-state index in [2.05, 4.69) is 9.55 Å². The molecule has 0 saturated heterocycles. The van der Waals surface area contributed by atoms with Gasteiger partial charge in [-0.15, -0.1) is 0 Å². The Bertz CT molecular complexity index is 1010. The standard InChI is InChI=1S/C21H22N2O3/c1-12-10-17(13(2)23(12)15-8-9-15)21(25)26-14(3)20(24)18-11-22-19-7-5-4-6-16(18)19/h4-7,10-11,14-15,22H,8-9H2,1-3H3/t14-/m0/s1. The summed E-state index contributed by atoms with van der Waals surface area (Å²) in [4.78, 5) is 28.5. The number of ether oxygens (including phenoxy) is 1. The van der Waals surface area contributed by atoms with Crippen molar-refractivity contribution in [3.8, 4) is 0 Å². The van der Waals surface area contributed by atoms with Gasteiger partial charge in [0.1, 0.15) is 0 Å². The van der Waals surface area contributed by atoms with E-state index >= 15 is 0 Å².